The van der Waals surface area contributed by atoms with E-state index in [0.29, 0.717) is 12.0 Å². The SMILES string of the molecule is CSCC[C@H](N)C(=O)NCC(C(C)C)N1CCCC1. The van der Waals surface area contributed by atoms with Crippen LogP contribution in [0.4, 0.5) is 0 Å². The lowest BCUT2D eigenvalue weighted by molar-refractivity contribution is -0.122. The quantitative estimate of drug-likeness (QED) is 0.706. The van der Waals surface area contributed by atoms with Gasteiger partial charge < -0.3 is 11.1 Å². The fourth-order valence-electron chi connectivity index (χ4n) is 2.57. The second-order valence-electron chi connectivity index (χ2n) is 5.69. The standard InChI is InChI=1S/C14H29N3OS/c1-11(2)13(17-7-4-5-8-17)10-16-14(18)12(15)6-9-19-3/h11-13H,4-10,15H2,1-3H3,(H,16,18)/t12-,13?/m0/s1. The number of nitrogens with one attached hydrogen (secondary N) is 1. The zero-order valence-electron chi connectivity index (χ0n) is 12.5. The highest BCUT2D eigenvalue weighted by atomic mass is 32.2. The number of likely N-dealkylation sites (tertiary alicyclic amines) is 1. The van der Waals surface area contributed by atoms with Crippen molar-refractivity contribution in [2.75, 3.05) is 31.6 Å². The number of rotatable bonds is 8. The van der Waals surface area contributed by atoms with E-state index in [2.05, 4.69) is 24.1 Å². The molecule has 0 aliphatic carbocycles. The van der Waals surface area contributed by atoms with Gasteiger partial charge in [0.15, 0.2) is 0 Å². The molecule has 2 atom stereocenters. The molecule has 4 nitrogen and oxygen atoms in total. The zero-order chi connectivity index (χ0) is 14.3. The fraction of sp³-hybridized carbons (Fsp3) is 0.929. The molecule has 0 saturated carbocycles. The number of nitrogens with two attached hydrogens (primary N) is 1. The van der Waals surface area contributed by atoms with Crippen LogP contribution in [0.25, 0.3) is 0 Å². The first-order valence-corrected chi connectivity index (χ1v) is 8.72. The topological polar surface area (TPSA) is 58.4 Å². The summed E-state index contributed by atoms with van der Waals surface area (Å²) in [5.41, 5.74) is 5.88. The number of hydrogen-bond acceptors (Lipinski definition) is 4. The van der Waals surface area contributed by atoms with Crippen molar-refractivity contribution in [3.63, 3.8) is 0 Å². The van der Waals surface area contributed by atoms with E-state index in [-0.39, 0.29) is 11.9 Å². The average molecular weight is 287 g/mol. The second kappa shape index (κ2) is 8.82. The molecule has 3 N–H and O–H groups in total. The monoisotopic (exact) mass is 287 g/mol. The molecular formula is C14H29N3OS. The van der Waals surface area contributed by atoms with Crippen molar-refractivity contribution < 1.29 is 4.79 Å². The van der Waals surface area contributed by atoms with Gasteiger partial charge in [0.25, 0.3) is 0 Å². The van der Waals surface area contributed by atoms with E-state index in [1.54, 1.807) is 11.8 Å². The summed E-state index contributed by atoms with van der Waals surface area (Å²) in [4.78, 5) is 14.4. The minimum Gasteiger partial charge on any atom is -0.353 e. The smallest absolute Gasteiger partial charge is 0.237 e. The van der Waals surface area contributed by atoms with Gasteiger partial charge in [-0.05, 0) is 50.3 Å². The maximum atomic E-state index is 11.9. The molecule has 1 fully saturated rings. The normalized spacial score (nSPS) is 19.6. The Kier molecular flexibility index (Phi) is 7.80. The summed E-state index contributed by atoms with van der Waals surface area (Å²) in [5.74, 6) is 1.49. The summed E-state index contributed by atoms with van der Waals surface area (Å²) in [6.07, 6.45) is 5.35. The lowest BCUT2D eigenvalue weighted by Gasteiger charge is -2.31. The molecule has 1 rings (SSSR count). The van der Waals surface area contributed by atoms with Crippen LogP contribution in [0.2, 0.25) is 0 Å². The van der Waals surface area contributed by atoms with Crippen LogP contribution in [0.15, 0.2) is 0 Å². The van der Waals surface area contributed by atoms with Crippen LogP contribution >= 0.6 is 11.8 Å². The molecule has 0 bridgehead atoms. The molecule has 1 amide bonds. The van der Waals surface area contributed by atoms with Gasteiger partial charge >= 0.3 is 0 Å². The maximum absolute atomic E-state index is 11.9. The predicted octanol–water partition coefficient (Wildman–Crippen LogP) is 1.30. The zero-order valence-corrected chi connectivity index (χ0v) is 13.3. The number of hydrogen-bond donors (Lipinski definition) is 2. The number of amides is 1. The summed E-state index contributed by atoms with van der Waals surface area (Å²) in [7, 11) is 0. The molecule has 19 heavy (non-hydrogen) atoms. The maximum Gasteiger partial charge on any atom is 0.237 e. The lowest BCUT2D eigenvalue weighted by Crippen LogP contribution is -2.49. The molecule has 0 aromatic heterocycles. The Balaban J connectivity index is 2.36. The molecule has 0 aromatic carbocycles. The van der Waals surface area contributed by atoms with Crippen molar-refractivity contribution in [1.82, 2.24) is 10.2 Å². The number of carbonyl (C=O) groups is 1. The van der Waals surface area contributed by atoms with E-state index in [4.69, 9.17) is 5.73 Å². The molecule has 112 valence electrons. The first-order valence-electron chi connectivity index (χ1n) is 7.32. The Bertz CT molecular complexity index is 267. The molecule has 0 aromatic rings. The molecule has 0 radical (unpaired) electrons. The molecule has 1 unspecified atom stereocenters. The minimum atomic E-state index is -0.362. The highest BCUT2D eigenvalue weighted by Crippen LogP contribution is 2.17. The first kappa shape index (κ1) is 16.8. The highest BCUT2D eigenvalue weighted by Gasteiger charge is 2.25. The Morgan fingerprint density at radius 2 is 2.00 bits per heavy atom. The van der Waals surface area contributed by atoms with Crippen LogP contribution in [0.5, 0.6) is 0 Å². The molecule has 1 saturated heterocycles. The minimum absolute atomic E-state index is 0.00102. The predicted molar refractivity (Wildman–Crippen MR) is 83.4 cm³/mol. The largest absolute Gasteiger partial charge is 0.353 e. The van der Waals surface area contributed by atoms with Gasteiger partial charge in [0.2, 0.25) is 5.91 Å². The van der Waals surface area contributed by atoms with E-state index < -0.39 is 0 Å². The van der Waals surface area contributed by atoms with Gasteiger partial charge in [-0.2, -0.15) is 11.8 Å². The van der Waals surface area contributed by atoms with Gasteiger partial charge in [-0.3, -0.25) is 9.69 Å². The third-order valence-electron chi connectivity index (χ3n) is 3.83. The Morgan fingerprint density at radius 1 is 1.37 bits per heavy atom. The van der Waals surface area contributed by atoms with Crippen molar-refractivity contribution in [3.8, 4) is 0 Å². The Morgan fingerprint density at radius 3 is 2.53 bits per heavy atom. The van der Waals surface area contributed by atoms with E-state index >= 15 is 0 Å². The van der Waals surface area contributed by atoms with Crippen molar-refractivity contribution in [1.29, 1.82) is 0 Å². The lowest BCUT2D eigenvalue weighted by atomic mass is 10.0. The Labute approximate surface area is 121 Å². The molecule has 5 heteroatoms. The van der Waals surface area contributed by atoms with Crippen molar-refractivity contribution >= 4 is 17.7 Å². The number of carbonyl (C=O) groups excluding carboxylic acids is 1. The Hall–Kier alpha value is -0.260. The second-order valence-corrected chi connectivity index (χ2v) is 6.67. The average Bonchev–Trinajstić information content (AvgIpc) is 2.89. The summed E-state index contributed by atoms with van der Waals surface area (Å²) < 4.78 is 0. The van der Waals surface area contributed by atoms with Crippen LogP contribution in [-0.4, -0.2) is 54.5 Å². The third kappa shape index (κ3) is 5.71. The fourth-order valence-corrected chi connectivity index (χ4v) is 3.06. The van der Waals surface area contributed by atoms with Crippen LogP contribution < -0.4 is 11.1 Å². The van der Waals surface area contributed by atoms with Gasteiger partial charge in [0.1, 0.15) is 0 Å². The molecule has 1 heterocycles. The van der Waals surface area contributed by atoms with Gasteiger partial charge in [0, 0.05) is 12.6 Å². The molecule has 1 aliphatic heterocycles. The summed E-state index contributed by atoms with van der Waals surface area (Å²) in [6, 6.07) is 0.0815. The van der Waals surface area contributed by atoms with Crippen LogP contribution in [0.1, 0.15) is 33.1 Å². The molecule has 1 aliphatic rings. The highest BCUT2D eigenvalue weighted by molar-refractivity contribution is 7.98. The van der Waals surface area contributed by atoms with E-state index in [0.717, 1.165) is 31.8 Å². The van der Waals surface area contributed by atoms with Crippen LogP contribution in [-0.2, 0) is 4.79 Å². The van der Waals surface area contributed by atoms with Crippen molar-refractivity contribution in [3.05, 3.63) is 0 Å². The van der Waals surface area contributed by atoms with Gasteiger partial charge in [-0.25, -0.2) is 0 Å². The molecule has 0 spiro atoms. The number of thioether (sulfide) groups is 1. The van der Waals surface area contributed by atoms with E-state index in [1.165, 1.54) is 12.8 Å². The van der Waals surface area contributed by atoms with Gasteiger partial charge in [-0.1, -0.05) is 13.8 Å². The first-order chi connectivity index (χ1) is 9.06. The summed E-state index contributed by atoms with van der Waals surface area (Å²) in [5, 5.41) is 3.03. The van der Waals surface area contributed by atoms with Crippen LogP contribution in [0, 0.1) is 5.92 Å². The van der Waals surface area contributed by atoms with E-state index in [1.807, 2.05) is 6.26 Å². The molecular weight excluding hydrogens is 258 g/mol. The third-order valence-corrected chi connectivity index (χ3v) is 4.48. The van der Waals surface area contributed by atoms with E-state index in [9.17, 15) is 4.79 Å². The van der Waals surface area contributed by atoms with Gasteiger partial charge in [0.05, 0.1) is 6.04 Å². The number of nitrogens with zero attached hydrogens (tertiary/aromatic N) is 1. The summed E-state index contributed by atoms with van der Waals surface area (Å²) >= 11 is 1.73. The van der Waals surface area contributed by atoms with Gasteiger partial charge in [-0.15, -0.1) is 0 Å². The van der Waals surface area contributed by atoms with Crippen molar-refractivity contribution in [2.45, 2.75) is 45.2 Å². The van der Waals surface area contributed by atoms with Crippen molar-refractivity contribution in [2.24, 2.45) is 11.7 Å². The van der Waals surface area contributed by atoms with Crippen LogP contribution in [0.3, 0.4) is 0 Å². The summed E-state index contributed by atoms with van der Waals surface area (Å²) in [6.45, 7) is 7.50.